The van der Waals surface area contributed by atoms with Gasteiger partial charge in [0.25, 0.3) is 0 Å². The summed E-state index contributed by atoms with van der Waals surface area (Å²) in [7, 11) is 0. The van der Waals surface area contributed by atoms with Crippen molar-refractivity contribution in [3.63, 3.8) is 0 Å². The van der Waals surface area contributed by atoms with Crippen molar-refractivity contribution in [2.45, 2.75) is 76.4 Å². The van der Waals surface area contributed by atoms with Gasteiger partial charge in [-0.1, -0.05) is 0 Å². The molecule has 2 rings (SSSR count). The molecule has 0 amide bonds. The number of carboxylic acid groups (broad SMARTS) is 2. The average molecular weight is 415 g/mol. The number of carbonyl (C=O) groups excluding carboxylic acids is 3. The van der Waals surface area contributed by atoms with Crippen molar-refractivity contribution in [1.82, 2.24) is 5.32 Å². The van der Waals surface area contributed by atoms with Gasteiger partial charge in [-0.05, 0) is 45.1 Å². The Balaban J connectivity index is 0.000000359. The van der Waals surface area contributed by atoms with E-state index in [0.29, 0.717) is 25.7 Å². The molecule has 0 aromatic carbocycles. The van der Waals surface area contributed by atoms with E-state index in [1.165, 1.54) is 0 Å². The zero-order chi connectivity index (χ0) is 21.6. The topological polar surface area (TPSA) is 156 Å². The van der Waals surface area contributed by atoms with Gasteiger partial charge < -0.3 is 25.0 Å². The third kappa shape index (κ3) is 11.2. The highest BCUT2D eigenvalue weighted by molar-refractivity contribution is 5.90. The maximum absolute atomic E-state index is 12.2. The number of rotatable bonds is 7. The van der Waals surface area contributed by atoms with Crippen molar-refractivity contribution < 1.29 is 43.7 Å². The van der Waals surface area contributed by atoms with Crippen molar-refractivity contribution in [1.29, 1.82) is 0 Å². The maximum atomic E-state index is 12.2. The van der Waals surface area contributed by atoms with Crippen LogP contribution in [0.3, 0.4) is 0 Å². The fraction of sp³-hybridized carbons (Fsp3) is 0.737. The summed E-state index contributed by atoms with van der Waals surface area (Å²) in [5, 5.41) is 19.4. The van der Waals surface area contributed by atoms with Crippen molar-refractivity contribution in [3.8, 4) is 0 Å². The number of carboxylic acids is 2. The molecule has 2 atom stereocenters. The third-order valence-corrected chi connectivity index (χ3v) is 4.43. The van der Waals surface area contributed by atoms with Crippen molar-refractivity contribution in [2.24, 2.45) is 0 Å². The molecule has 3 N–H and O–H groups in total. The zero-order valence-electron chi connectivity index (χ0n) is 16.4. The van der Waals surface area contributed by atoms with Gasteiger partial charge in [0.2, 0.25) is 0 Å². The predicted molar refractivity (Wildman–Crippen MR) is 99.1 cm³/mol. The number of esters is 2. The summed E-state index contributed by atoms with van der Waals surface area (Å²) in [6.45, 7) is 1.10. The number of ketones is 1. The normalized spacial score (nSPS) is 22.5. The Kier molecular flexibility index (Phi) is 11.6. The van der Waals surface area contributed by atoms with E-state index >= 15 is 0 Å². The van der Waals surface area contributed by atoms with Crippen molar-refractivity contribution in [3.05, 3.63) is 0 Å². The first kappa shape index (κ1) is 24.5. The first-order chi connectivity index (χ1) is 13.8. The Morgan fingerprint density at radius 1 is 0.931 bits per heavy atom. The first-order valence-corrected chi connectivity index (χ1v) is 9.85. The van der Waals surface area contributed by atoms with E-state index in [0.717, 1.165) is 19.4 Å². The molecule has 0 aliphatic carbocycles. The molecule has 1 unspecified atom stereocenters. The molecule has 0 saturated carbocycles. The van der Waals surface area contributed by atoms with E-state index in [9.17, 15) is 24.0 Å². The number of cyclic esters (lactones) is 2. The van der Waals surface area contributed by atoms with Crippen LogP contribution in [0.2, 0.25) is 0 Å². The monoisotopic (exact) mass is 415 g/mol. The lowest BCUT2D eigenvalue weighted by molar-refractivity contribution is -0.160. The highest BCUT2D eigenvalue weighted by Gasteiger charge is 2.31. The van der Waals surface area contributed by atoms with Gasteiger partial charge in [-0.2, -0.15) is 0 Å². The summed E-state index contributed by atoms with van der Waals surface area (Å²) in [5.41, 5.74) is 0. The average Bonchev–Trinajstić information content (AvgIpc) is 3.20. The lowest BCUT2D eigenvalue weighted by Crippen LogP contribution is -2.41. The lowest BCUT2D eigenvalue weighted by atomic mass is 10.0. The Morgan fingerprint density at radius 3 is 2.10 bits per heavy atom. The molecule has 0 bridgehead atoms. The van der Waals surface area contributed by atoms with Gasteiger partial charge in [0.1, 0.15) is 0 Å². The van der Waals surface area contributed by atoms with Gasteiger partial charge in [-0.25, -0.2) is 0 Å². The highest BCUT2D eigenvalue weighted by atomic mass is 16.6. The summed E-state index contributed by atoms with van der Waals surface area (Å²) in [5.74, 6) is -2.69. The standard InChI is InChI=1S/C13H19NO5.C6H10O4/c15-11-5-6-12(16)19-10(4-2-8-18-11)13(17)9-3-1-7-14-9;7-5(8)3-1-2-4-6(9)10/h9-10,14H,1-8H2;1-4H2,(H,7,8)(H,9,10)/t9-,10?;/m0./s1. The largest absolute Gasteiger partial charge is 0.481 e. The molecule has 2 saturated heterocycles. The van der Waals surface area contributed by atoms with Gasteiger partial charge in [-0.3, -0.25) is 24.0 Å². The van der Waals surface area contributed by atoms with E-state index in [2.05, 4.69) is 5.32 Å². The Labute approximate surface area is 168 Å². The molecular weight excluding hydrogens is 386 g/mol. The first-order valence-electron chi connectivity index (χ1n) is 9.85. The minimum absolute atomic E-state index is 0.0153. The van der Waals surface area contributed by atoms with E-state index in [4.69, 9.17) is 19.7 Å². The summed E-state index contributed by atoms with van der Waals surface area (Å²) in [4.78, 5) is 54.8. The number of unbranched alkanes of at least 4 members (excludes halogenated alkanes) is 1. The second-order valence-electron chi connectivity index (χ2n) is 6.89. The number of ether oxygens (including phenoxy) is 2. The quantitative estimate of drug-likeness (QED) is 0.405. The number of nitrogens with one attached hydrogen (secondary N) is 1. The van der Waals surface area contributed by atoms with Gasteiger partial charge in [0, 0.05) is 12.8 Å². The van der Waals surface area contributed by atoms with Crippen LogP contribution in [0.15, 0.2) is 0 Å². The lowest BCUT2D eigenvalue weighted by Gasteiger charge is -2.21. The molecule has 0 radical (unpaired) electrons. The van der Waals surface area contributed by atoms with Crippen LogP contribution in [-0.2, 0) is 33.4 Å². The smallest absolute Gasteiger partial charge is 0.307 e. The van der Waals surface area contributed by atoms with Gasteiger partial charge in [0.05, 0.1) is 25.5 Å². The zero-order valence-corrected chi connectivity index (χ0v) is 16.4. The van der Waals surface area contributed by atoms with Gasteiger partial charge in [-0.15, -0.1) is 0 Å². The Bertz CT molecular complexity index is 568. The van der Waals surface area contributed by atoms with Crippen LogP contribution in [0, 0.1) is 0 Å². The summed E-state index contributed by atoms with van der Waals surface area (Å²) >= 11 is 0. The molecule has 2 heterocycles. The van der Waals surface area contributed by atoms with Gasteiger partial charge in [0.15, 0.2) is 11.9 Å². The maximum Gasteiger partial charge on any atom is 0.307 e. The number of hydrogen-bond acceptors (Lipinski definition) is 8. The predicted octanol–water partition coefficient (Wildman–Crippen LogP) is 1.05. The summed E-state index contributed by atoms with van der Waals surface area (Å²) < 4.78 is 10.2. The van der Waals surface area contributed by atoms with Crippen LogP contribution in [0.1, 0.15) is 64.2 Å². The SMILES string of the molecule is O=C(O)CCCCC(=O)O.O=C1CCC(=O)OC(C(=O)[C@@H]2CCCN2)CCCO1. The third-order valence-electron chi connectivity index (χ3n) is 4.43. The fourth-order valence-electron chi connectivity index (χ4n) is 2.91. The molecule has 0 spiro atoms. The molecule has 164 valence electrons. The van der Waals surface area contributed by atoms with Crippen molar-refractivity contribution in [2.75, 3.05) is 13.2 Å². The molecule has 2 aliphatic heterocycles. The van der Waals surface area contributed by atoms with E-state index < -0.39 is 24.0 Å². The van der Waals surface area contributed by atoms with E-state index in [-0.39, 0.29) is 50.1 Å². The van der Waals surface area contributed by atoms with Crippen LogP contribution >= 0.6 is 0 Å². The van der Waals surface area contributed by atoms with E-state index in [1.807, 2.05) is 0 Å². The molecule has 2 fully saturated rings. The minimum atomic E-state index is -0.870. The molecule has 29 heavy (non-hydrogen) atoms. The second-order valence-corrected chi connectivity index (χ2v) is 6.89. The van der Waals surface area contributed by atoms with Crippen LogP contribution < -0.4 is 5.32 Å². The summed E-state index contributed by atoms with van der Waals surface area (Å²) in [6, 6.07) is -0.205. The highest BCUT2D eigenvalue weighted by Crippen LogP contribution is 2.15. The number of carbonyl (C=O) groups is 5. The Hall–Kier alpha value is -2.49. The van der Waals surface area contributed by atoms with Gasteiger partial charge >= 0.3 is 23.9 Å². The van der Waals surface area contributed by atoms with E-state index in [1.54, 1.807) is 0 Å². The molecule has 0 aromatic heterocycles. The van der Waals surface area contributed by atoms with Crippen LogP contribution in [0.4, 0.5) is 0 Å². The molecule has 0 aromatic rings. The Morgan fingerprint density at radius 2 is 1.55 bits per heavy atom. The minimum Gasteiger partial charge on any atom is -0.481 e. The van der Waals surface area contributed by atoms with Crippen LogP contribution in [0.5, 0.6) is 0 Å². The summed E-state index contributed by atoms with van der Waals surface area (Å²) in [6.07, 6.45) is 3.00. The number of Topliss-reactive ketones (excluding diaryl/α,β-unsaturated/α-hetero) is 1. The van der Waals surface area contributed by atoms with Crippen LogP contribution in [-0.4, -0.2) is 65.2 Å². The number of aliphatic carboxylic acids is 2. The molecule has 10 heteroatoms. The molecular formula is C19H29NO9. The molecule has 10 nitrogen and oxygen atoms in total. The second kappa shape index (κ2) is 13.6. The fourth-order valence-corrected chi connectivity index (χ4v) is 2.91. The number of hydrogen-bond donors (Lipinski definition) is 3. The van der Waals surface area contributed by atoms with Crippen LogP contribution in [0.25, 0.3) is 0 Å². The van der Waals surface area contributed by atoms with Crippen molar-refractivity contribution >= 4 is 29.7 Å². The molecule has 2 aliphatic rings.